The van der Waals surface area contributed by atoms with Crippen molar-refractivity contribution >= 4 is 18.0 Å². The first-order chi connectivity index (χ1) is 7.88. The van der Waals surface area contributed by atoms with E-state index in [2.05, 4.69) is 10.1 Å². The van der Waals surface area contributed by atoms with Crippen molar-refractivity contribution in [1.29, 1.82) is 0 Å². The average molecular weight is 246 g/mol. The van der Waals surface area contributed by atoms with Crippen LogP contribution >= 0.6 is 0 Å². The number of carboxylic acids is 1. The first-order valence-electron chi connectivity index (χ1n) is 5.19. The molecule has 1 atom stereocenters. The molecule has 0 spiro atoms. The third-order valence-corrected chi connectivity index (χ3v) is 2.13. The molecule has 0 heterocycles. The van der Waals surface area contributed by atoms with E-state index in [4.69, 9.17) is 5.11 Å². The average Bonchev–Trinajstić information content (AvgIpc) is 2.26. The van der Waals surface area contributed by atoms with Crippen LogP contribution in [-0.4, -0.2) is 54.7 Å². The first kappa shape index (κ1) is 15.2. The molecule has 1 unspecified atom stereocenters. The van der Waals surface area contributed by atoms with Gasteiger partial charge in [0.2, 0.25) is 0 Å². The van der Waals surface area contributed by atoms with Gasteiger partial charge in [-0.05, 0) is 13.3 Å². The van der Waals surface area contributed by atoms with Gasteiger partial charge in [0, 0.05) is 20.0 Å². The maximum absolute atomic E-state index is 11.5. The molecule has 0 saturated heterocycles. The van der Waals surface area contributed by atoms with Gasteiger partial charge in [-0.1, -0.05) is 0 Å². The van der Waals surface area contributed by atoms with E-state index in [0.717, 1.165) is 0 Å². The number of carboxylic acid groups (broad SMARTS) is 1. The number of hydrogen-bond acceptors (Lipinski definition) is 4. The fourth-order valence-corrected chi connectivity index (χ4v) is 1.10. The molecule has 0 aromatic heterocycles. The molecule has 0 aliphatic rings. The fraction of sp³-hybridized carbons (Fsp3) is 0.700. The summed E-state index contributed by atoms with van der Waals surface area (Å²) < 4.78 is 4.46. The first-order valence-corrected chi connectivity index (χ1v) is 5.19. The molecule has 0 radical (unpaired) electrons. The van der Waals surface area contributed by atoms with Gasteiger partial charge in [0.1, 0.15) is 6.04 Å². The predicted molar refractivity (Wildman–Crippen MR) is 59.5 cm³/mol. The number of aliphatic carboxylic acids is 1. The van der Waals surface area contributed by atoms with Crippen molar-refractivity contribution in [2.24, 2.45) is 0 Å². The molecule has 0 bridgehead atoms. The lowest BCUT2D eigenvalue weighted by atomic mass is 10.3. The number of ether oxygens (including phenoxy) is 1. The summed E-state index contributed by atoms with van der Waals surface area (Å²) in [5.41, 5.74) is 0. The van der Waals surface area contributed by atoms with Crippen LogP contribution in [0.3, 0.4) is 0 Å². The zero-order valence-electron chi connectivity index (χ0n) is 10.2. The maximum Gasteiger partial charge on any atom is 0.328 e. The highest BCUT2D eigenvalue weighted by atomic mass is 16.5. The molecule has 0 saturated carbocycles. The Kier molecular flexibility index (Phi) is 6.69. The van der Waals surface area contributed by atoms with Gasteiger partial charge in [-0.3, -0.25) is 4.79 Å². The zero-order chi connectivity index (χ0) is 13.4. The topological polar surface area (TPSA) is 95.9 Å². The molecule has 2 amide bonds. The van der Waals surface area contributed by atoms with E-state index >= 15 is 0 Å². The summed E-state index contributed by atoms with van der Waals surface area (Å²) in [6, 6.07) is -1.16. The molecular formula is C10H18N2O5. The minimum Gasteiger partial charge on any atom is -0.481 e. The number of esters is 1. The highest BCUT2D eigenvalue weighted by molar-refractivity contribution is 5.83. The van der Waals surface area contributed by atoms with Crippen molar-refractivity contribution in [3.05, 3.63) is 0 Å². The van der Waals surface area contributed by atoms with Crippen molar-refractivity contribution in [1.82, 2.24) is 10.2 Å². The van der Waals surface area contributed by atoms with Gasteiger partial charge in [-0.25, -0.2) is 9.59 Å². The van der Waals surface area contributed by atoms with E-state index < -0.39 is 24.0 Å². The Morgan fingerprint density at radius 3 is 2.47 bits per heavy atom. The lowest BCUT2D eigenvalue weighted by molar-refractivity contribution is -0.142. The summed E-state index contributed by atoms with van der Waals surface area (Å²) in [6.07, 6.45) is 0.371. The molecule has 7 heteroatoms. The second-order valence-electron chi connectivity index (χ2n) is 3.61. The number of amides is 2. The smallest absolute Gasteiger partial charge is 0.328 e. The standard InChI is InChI=1S/C10H18N2O5/c1-7(9(15)17-3)11-10(16)12(2)6-4-5-8(13)14/h7H,4-6H2,1-3H3,(H,11,16)(H,13,14). The van der Waals surface area contributed by atoms with Crippen LogP contribution in [0.15, 0.2) is 0 Å². The number of methoxy groups -OCH3 is 1. The summed E-state index contributed by atoms with van der Waals surface area (Å²) in [6.45, 7) is 1.82. The third kappa shape index (κ3) is 6.39. The van der Waals surface area contributed by atoms with Crippen LogP contribution in [-0.2, 0) is 14.3 Å². The fourth-order valence-electron chi connectivity index (χ4n) is 1.10. The van der Waals surface area contributed by atoms with Gasteiger partial charge in [-0.2, -0.15) is 0 Å². The summed E-state index contributed by atoms with van der Waals surface area (Å²) in [5, 5.41) is 10.9. The van der Waals surface area contributed by atoms with E-state index in [1.54, 1.807) is 0 Å². The van der Waals surface area contributed by atoms with Gasteiger partial charge in [0.15, 0.2) is 0 Å². The van der Waals surface area contributed by atoms with Crippen molar-refractivity contribution in [3.8, 4) is 0 Å². The van der Waals surface area contributed by atoms with Crippen LogP contribution in [0, 0.1) is 0 Å². The number of nitrogens with zero attached hydrogens (tertiary/aromatic N) is 1. The summed E-state index contributed by atoms with van der Waals surface area (Å²) in [4.78, 5) is 34.1. The Morgan fingerprint density at radius 2 is 2.00 bits per heavy atom. The number of hydrogen-bond donors (Lipinski definition) is 2. The summed E-state index contributed by atoms with van der Waals surface area (Å²) in [5.74, 6) is -1.43. The highest BCUT2D eigenvalue weighted by Crippen LogP contribution is 1.95. The van der Waals surface area contributed by atoms with Crippen LogP contribution < -0.4 is 5.32 Å². The summed E-state index contributed by atoms with van der Waals surface area (Å²) >= 11 is 0. The lowest BCUT2D eigenvalue weighted by Crippen LogP contribution is -2.45. The zero-order valence-corrected chi connectivity index (χ0v) is 10.2. The minimum absolute atomic E-state index is 0.00414. The Labute approximate surface area is 99.7 Å². The lowest BCUT2D eigenvalue weighted by Gasteiger charge is -2.19. The third-order valence-electron chi connectivity index (χ3n) is 2.13. The van der Waals surface area contributed by atoms with E-state index in [1.807, 2.05) is 0 Å². The number of urea groups is 1. The molecule has 2 N–H and O–H groups in total. The number of carbonyl (C=O) groups is 3. The van der Waals surface area contributed by atoms with Gasteiger partial charge in [0.25, 0.3) is 0 Å². The van der Waals surface area contributed by atoms with Crippen molar-refractivity contribution in [2.75, 3.05) is 20.7 Å². The molecule has 98 valence electrons. The van der Waals surface area contributed by atoms with Crippen LogP contribution in [0.25, 0.3) is 0 Å². The van der Waals surface area contributed by atoms with Crippen LogP contribution in [0.1, 0.15) is 19.8 Å². The van der Waals surface area contributed by atoms with Crippen LogP contribution in [0.4, 0.5) is 4.79 Å². The number of carbonyl (C=O) groups excluding carboxylic acids is 2. The maximum atomic E-state index is 11.5. The van der Waals surface area contributed by atoms with E-state index in [0.29, 0.717) is 13.0 Å². The predicted octanol–water partition coefficient (Wildman–Crippen LogP) is 0.0541. The Bertz CT molecular complexity index is 292. The number of nitrogens with one attached hydrogen (secondary N) is 1. The molecule has 0 rings (SSSR count). The molecule has 0 aromatic carbocycles. The van der Waals surface area contributed by atoms with E-state index in [9.17, 15) is 14.4 Å². The Balaban J connectivity index is 3.96. The van der Waals surface area contributed by atoms with Gasteiger partial charge < -0.3 is 20.1 Å². The summed E-state index contributed by atoms with van der Waals surface area (Å²) in [7, 11) is 2.77. The van der Waals surface area contributed by atoms with Crippen molar-refractivity contribution in [2.45, 2.75) is 25.8 Å². The Morgan fingerprint density at radius 1 is 1.41 bits per heavy atom. The van der Waals surface area contributed by atoms with Crippen LogP contribution in [0.2, 0.25) is 0 Å². The molecule has 0 aliphatic heterocycles. The quantitative estimate of drug-likeness (QED) is 0.646. The van der Waals surface area contributed by atoms with Crippen molar-refractivity contribution in [3.63, 3.8) is 0 Å². The van der Waals surface area contributed by atoms with E-state index in [1.165, 1.54) is 26.0 Å². The molecular weight excluding hydrogens is 228 g/mol. The second-order valence-corrected chi connectivity index (χ2v) is 3.61. The molecule has 17 heavy (non-hydrogen) atoms. The molecule has 0 aliphatic carbocycles. The monoisotopic (exact) mass is 246 g/mol. The van der Waals surface area contributed by atoms with Gasteiger partial charge in [0.05, 0.1) is 7.11 Å². The van der Waals surface area contributed by atoms with Crippen LogP contribution in [0.5, 0.6) is 0 Å². The van der Waals surface area contributed by atoms with Crippen molar-refractivity contribution < 1.29 is 24.2 Å². The SMILES string of the molecule is COC(=O)C(C)NC(=O)N(C)CCCC(=O)O. The van der Waals surface area contributed by atoms with Gasteiger partial charge in [-0.15, -0.1) is 0 Å². The Hall–Kier alpha value is -1.79. The molecule has 0 fully saturated rings. The minimum atomic E-state index is -0.901. The normalized spacial score (nSPS) is 11.5. The molecule has 7 nitrogen and oxygen atoms in total. The van der Waals surface area contributed by atoms with E-state index in [-0.39, 0.29) is 6.42 Å². The number of rotatable bonds is 6. The largest absolute Gasteiger partial charge is 0.481 e. The van der Waals surface area contributed by atoms with Gasteiger partial charge >= 0.3 is 18.0 Å². The second kappa shape index (κ2) is 7.48. The highest BCUT2D eigenvalue weighted by Gasteiger charge is 2.17. The molecule has 0 aromatic rings.